The minimum absolute atomic E-state index is 0.178. The maximum absolute atomic E-state index is 13.4. The van der Waals surface area contributed by atoms with Crippen LogP contribution in [0.15, 0.2) is 18.2 Å². The highest BCUT2D eigenvalue weighted by Crippen LogP contribution is 2.39. The van der Waals surface area contributed by atoms with E-state index in [1.165, 1.54) is 12.5 Å². The van der Waals surface area contributed by atoms with Crippen molar-refractivity contribution in [1.29, 1.82) is 0 Å². The zero-order chi connectivity index (χ0) is 12.3. The first kappa shape index (κ1) is 12.4. The number of benzene rings is 1. The number of nitrogens with one attached hydrogen (secondary N) is 1. The highest BCUT2D eigenvalue weighted by atomic mass is 19.1. The van der Waals surface area contributed by atoms with Crippen molar-refractivity contribution in [2.24, 2.45) is 0 Å². The van der Waals surface area contributed by atoms with Crippen LogP contribution in [-0.4, -0.2) is 19.7 Å². The zero-order valence-electron chi connectivity index (χ0n) is 10.5. The summed E-state index contributed by atoms with van der Waals surface area (Å²) in [4.78, 5) is 0. The molecule has 0 spiro atoms. The molecule has 0 radical (unpaired) electrons. The summed E-state index contributed by atoms with van der Waals surface area (Å²) in [7, 11) is 1.65. The first-order valence-corrected chi connectivity index (χ1v) is 6.33. The standard InChI is InChI=1S/C14H20FNO/c1-3-16-13-6-4-5-11(13)12-9-10(15)7-8-14(12)17-2/h7-9,11,13,16H,3-6H2,1-2H3. The van der Waals surface area contributed by atoms with Crippen molar-refractivity contribution in [3.05, 3.63) is 29.6 Å². The molecule has 1 aliphatic carbocycles. The molecule has 1 aromatic carbocycles. The van der Waals surface area contributed by atoms with Crippen LogP contribution in [0.3, 0.4) is 0 Å². The molecule has 2 atom stereocenters. The normalized spacial score (nSPS) is 23.9. The Hall–Kier alpha value is -1.09. The Morgan fingerprint density at radius 1 is 1.41 bits per heavy atom. The summed E-state index contributed by atoms with van der Waals surface area (Å²) >= 11 is 0. The molecular formula is C14H20FNO. The fraction of sp³-hybridized carbons (Fsp3) is 0.571. The average Bonchev–Trinajstić information content (AvgIpc) is 2.77. The lowest BCUT2D eigenvalue weighted by atomic mass is 9.93. The van der Waals surface area contributed by atoms with Crippen molar-refractivity contribution in [2.45, 2.75) is 38.1 Å². The fourth-order valence-electron chi connectivity index (χ4n) is 2.83. The molecule has 0 aromatic heterocycles. The number of likely N-dealkylation sites (N-methyl/N-ethyl adjacent to an activating group) is 1. The number of halogens is 1. The van der Waals surface area contributed by atoms with Gasteiger partial charge in [0, 0.05) is 17.5 Å². The van der Waals surface area contributed by atoms with Gasteiger partial charge >= 0.3 is 0 Å². The van der Waals surface area contributed by atoms with Gasteiger partial charge in [-0.05, 0) is 37.6 Å². The second kappa shape index (κ2) is 5.50. The minimum atomic E-state index is -0.178. The zero-order valence-corrected chi connectivity index (χ0v) is 10.5. The maximum atomic E-state index is 13.4. The molecule has 0 saturated heterocycles. The van der Waals surface area contributed by atoms with Crippen molar-refractivity contribution in [3.8, 4) is 5.75 Å². The molecule has 2 unspecified atom stereocenters. The van der Waals surface area contributed by atoms with Gasteiger partial charge in [0.05, 0.1) is 7.11 Å². The van der Waals surface area contributed by atoms with Crippen LogP contribution in [0.2, 0.25) is 0 Å². The van der Waals surface area contributed by atoms with Gasteiger partial charge in [-0.15, -0.1) is 0 Å². The Kier molecular flexibility index (Phi) is 4.00. The van der Waals surface area contributed by atoms with Crippen molar-refractivity contribution < 1.29 is 9.13 Å². The highest BCUT2D eigenvalue weighted by molar-refractivity contribution is 5.38. The second-order valence-electron chi connectivity index (χ2n) is 4.59. The van der Waals surface area contributed by atoms with Crippen molar-refractivity contribution in [2.75, 3.05) is 13.7 Å². The first-order valence-electron chi connectivity index (χ1n) is 6.33. The number of hydrogen-bond acceptors (Lipinski definition) is 2. The predicted molar refractivity (Wildman–Crippen MR) is 67.0 cm³/mol. The molecule has 0 amide bonds. The van der Waals surface area contributed by atoms with E-state index in [1.54, 1.807) is 19.2 Å². The molecule has 1 saturated carbocycles. The lowest BCUT2D eigenvalue weighted by molar-refractivity contribution is 0.396. The second-order valence-corrected chi connectivity index (χ2v) is 4.59. The van der Waals surface area contributed by atoms with Crippen LogP contribution in [0.4, 0.5) is 4.39 Å². The molecule has 1 aliphatic rings. The smallest absolute Gasteiger partial charge is 0.123 e. The third-order valence-electron chi connectivity index (χ3n) is 3.57. The van der Waals surface area contributed by atoms with Crippen LogP contribution in [0.1, 0.15) is 37.7 Å². The van der Waals surface area contributed by atoms with E-state index in [-0.39, 0.29) is 5.82 Å². The van der Waals surface area contributed by atoms with E-state index >= 15 is 0 Å². The van der Waals surface area contributed by atoms with Crippen molar-refractivity contribution in [1.82, 2.24) is 5.32 Å². The van der Waals surface area contributed by atoms with Gasteiger partial charge in [-0.1, -0.05) is 13.3 Å². The monoisotopic (exact) mass is 237 g/mol. The van der Waals surface area contributed by atoms with Crippen LogP contribution >= 0.6 is 0 Å². The van der Waals surface area contributed by atoms with E-state index in [0.717, 1.165) is 30.7 Å². The van der Waals surface area contributed by atoms with Crippen LogP contribution < -0.4 is 10.1 Å². The number of methoxy groups -OCH3 is 1. The lowest BCUT2D eigenvalue weighted by Crippen LogP contribution is -2.31. The molecule has 0 bridgehead atoms. The highest BCUT2D eigenvalue weighted by Gasteiger charge is 2.30. The van der Waals surface area contributed by atoms with Crippen molar-refractivity contribution >= 4 is 0 Å². The summed E-state index contributed by atoms with van der Waals surface area (Å²) < 4.78 is 18.7. The van der Waals surface area contributed by atoms with E-state index in [9.17, 15) is 4.39 Å². The lowest BCUT2D eigenvalue weighted by Gasteiger charge is -2.22. The largest absolute Gasteiger partial charge is 0.496 e. The molecule has 1 fully saturated rings. The maximum Gasteiger partial charge on any atom is 0.123 e. The van der Waals surface area contributed by atoms with Gasteiger partial charge in [-0.3, -0.25) is 0 Å². The van der Waals surface area contributed by atoms with Gasteiger partial charge in [0.2, 0.25) is 0 Å². The molecule has 0 heterocycles. The van der Waals surface area contributed by atoms with Crippen LogP contribution in [0, 0.1) is 5.82 Å². The predicted octanol–water partition coefficient (Wildman–Crippen LogP) is 3.08. The summed E-state index contributed by atoms with van der Waals surface area (Å²) in [6, 6.07) is 5.26. The topological polar surface area (TPSA) is 21.3 Å². The Labute approximate surface area is 102 Å². The summed E-state index contributed by atoms with van der Waals surface area (Å²) in [5.74, 6) is 1.00. The summed E-state index contributed by atoms with van der Waals surface area (Å²) in [5.41, 5.74) is 1.01. The van der Waals surface area contributed by atoms with Crippen molar-refractivity contribution in [3.63, 3.8) is 0 Å². The quantitative estimate of drug-likeness (QED) is 0.869. The summed E-state index contributed by atoms with van der Waals surface area (Å²) in [6.07, 6.45) is 3.47. The molecule has 3 heteroatoms. The molecule has 0 aliphatic heterocycles. The van der Waals surface area contributed by atoms with Gasteiger partial charge in [0.25, 0.3) is 0 Å². The Morgan fingerprint density at radius 3 is 2.94 bits per heavy atom. The van der Waals surface area contributed by atoms with E-state index in [1.807, 2.05) is 0 Å². The van der Waals surface area contributed by atoms with Gasteiger partial charge in [0.15, 0.2) is 0 Å². The molecule has 1 N–H and O–H groups in total. The van der Waals surface area contributed by atoms with E-state index < -0.39 is 0 Å². The van der Waals surface area contributed by atoms with Gasteiger partial charge in [0.1, 0.15) is 11.6 Å². The van der Waals surface area contributed by atoms with Gasteiger partial charge in [-0.25, -0.2) is 4.39 Å². The van der Waals surface area contributed by atoms with Crippen LogP contribution in [0.5, 0.6) is 5.75 Å². The van der Waals surface area contributed by atoms with E-state index in [4.69, 9.17) is 4.74 Å². The van der Waals surface area contributed by atoms with Crippen LogP contribution in [0.25, 0.3) is 0 Å². The Morgan fingerprint density at radius 2 is 2.24 bits per heavy atom. The number of hydrogen-bond donors (Lipinski definition) is 1. The van der Waals surface area contributed by atoms with Gasteiger partial charge in [-0.2, -0.15) is 0 Å². The van der Waals surface area contributed by atoms with E-state index in [0.29, 0.717) is 12.0 Å². The molecule has 94 valence electrons. The minimum Gasteiger partial charge on any atom is -0.496 e. The third kappa shape index (κ3) is 2.60. The summed E-state index contributed by atoms with van der Waals surface area (Å²) in [5, 5.41) is 3.49. The number of ether oxygens (including phenoxy) is 1. The molecular weight excluding hydrogens is 217 g/mol. The SMILES string of the molecule is CCNC1CCCC1c1cc(F)ccc1OC. The molecule has 17 heavy (non-hydrogen) atoms. The number of rotatable bonds is 4. The fourth-order valence-corrected chi connectivity index (χ4v) is 2.83. The Balaban J connectivity index is 2.28. The molecule has 1 aromatic rings. The molecule has 2 nitrogen and oxygen atoms in total. The average molecular weight is 237 g/mol. The Bertz CT molecular complexity index is 380. The van der Waals surface area contributed by atoms with Crippen LogP contribution in [-0.2, 0) is 0 Å². The first-order chi connectivity index (χ1) is 8.26. The third-order valence-corrected chi connectivity index (χ3v) is 3.57. The summed E-state index contributed by atoms with van der Waals surface area (Å²) in [6.45, 7) is 3.07. The van der Waals surface area contributed by atoms with E-state index in [2.05, 4.69) is 12.2 Å². The van der Waals surface area contributed by atoms with Gasteiger partial charge < -0.3 is 10.1 Å². The molecule has 2 rings (SSSR count).